The zero-order valence-electron chi connectivity index (χ0n) is 13.4. The molecule has 0 aromatic carbocycles. The van der Waals surface area contributed by atoms with Gasteiger partial charge >= 0.3 is 5.97 Å². The van der Waals surface area contributed by atoms with Crippen LogP contribution < -0.4 is 5.32 Å². The number of ether oxygens (including phenoxy) is 1. The summed E-state index contributed by atoms with van der Waals surface area (Å²) in [5.41, 5.74) is 0. The van der Waals surface area contributed by atoms with Crippen LogP contribution in [0.15, 0.2) is 0 Å². The average Bonchev–Trinajstić information content (AvgIpc) is 2.47. The number of amides is 1. The van der Waals surface area contributed by atoms with Crippen molar-refractivity contribution in [1.82, 2.24) is 5.32 Å². The molecule has 1 saturated heterocycles. The van der Waals surface area contributed by atoms with E-state index in [4.69, 9.17) is 4.74 Å². The molecule has 1 atom stereocenters. The summed E-state index contributed by atoms with van der Waals surface area (Å²) in [4.78, 5) is 23.8. The summed E-state index contributed by atoms with van der Waals surface area (Å²) in [7, 11) is 0. The van der Waals surface area contributed by atoms with Crippen molar-refractivity contribution in [2.24, 2.45) is 17.8 Å². The zero-order valence-corrected chi connectivity index (χ0v) is 13.4. The molecule has 1 amide bonds. The Balaban J connectivity index is 1.82. The van der Waals surface area contributed by atoms with Gasteiger partial charge in [-0.2, -0.15) is 0 Å². The molecule has 2 rings (SSSR count). The van der Waals surface area contributed by atoms with Gasteiger partial charge in [0.1, 0.15) is 0 Å². The van der Waals surface area contributed by atoms with Crippen molar-refractivity contribution in [2.45, 2.75) is 57.8 Å². The van der Waals surface area contributed by atoms with Crippen LogP contribution in [-0.4, -0.2) is 36.7 Å². The molecule has 1 aliphatic heterocycles. The van der Waals surface area contributed by atoms with E-state index in [0.29, 0.717) is 13.2 Å². The van der Waals surface area contributed by atoms with Crippen LogP contribution in [0.4, 0.5) is 0 Å². The largest absolute Gasteiger partial charge is 0.481 e. The maximum atomic E-state index is 12.3. The smallest absolute Gasteiger partial charge is 0.308 e. The lowest BCUT2D eigenvalue weighted by molar-refractivity contribution is -0.145. The third-order valence-electron chi connectivity index (χ3n) is 5.12. The third kappa shape index (κ3) is 5.27. The van der Waals surface area contributed by atoms with Crippen LogP contribution in [0, 0.1) is 17.8 Å². The highest BCUT2D eigenvalue weighted by atomic mass is 16.5. The zero-order chi connectivity index (χ0) is 15.8. The first kappa shape index (κ1) is 17.3. The Morgan fingerprint density at radius 1 is 1.00 bits per heavy atom. The van der Waals surface area contributed by atoms with Crippen LogP contribution >= 0.6 is 0 Å². The molecule has 5 heteroatoms. The SMILES string of the molecule is O=C(NCC(C(=O)O)C1CCOCC1)C1CCCCCCC1. The highest BCUT2D eigenvalue weighted by Crippen LogP contribution is 2.25. The first-order valence-corrected chi connectivity index (χ1v) is 8.76. The Morgan fingerprint density at radius 3 is 2.18 bits per heavy atom. The van der Waals surface area contributed by atoms with Crippen molar-refractivity contribution in [3.63, 3.8) is 0 Å². The number of carbonyl (C=O) groups is 2. The molecular formula is C17H29NO4. The lowest BCUT2D eigenvalue weighted by atomic mass is 9.85. The second-order valence-corrected chi connectivity index (χ2v) is 6.68. The van der Waals surface area contributed by atoms with E-state index in [1.807, 2.05) is 0 Å². The number of aliphatic carboxylic acids is 1. The number of hydrogen-bond acceptors (Lipinski definition) is 3. The fourth-order valence-electron chi connectivity index (χ4n) is 3.65. The molecule has 1 saturated carbocycles. The van der Waals surface area contributed by atoms with E-state index in [0.717, 1.165) is 38.5 Å². The molecule has 0 radical (unpaired) electrons. The normalized spacial score (nSPS) is 23.3. The van der Waals surface area contributed by atoms with Gasteiger partial charge in [0.15, 0.2) is 0 Å². The van der Waals surface area contributed by atoms with Gasteiger partial charge in [-0.05, 0) is 31.6 Å². The first-order valence-electron chi connectivity index (χ1n) is 8.76. The molecule has 2 aliphatic rings. The Morgan fingerprint density at radius 2 is 1.59 bits per heavy atom. The minimum atomic E-state index is -0.801. The van der Waals surface area contributed by atoms with Crippen molar-refractivity contribution in [2.75, 3.05) is 19.8 Å². The quantitative estimate of drug-likeness (QED) is 0.818. The van der Waals surface area contributed by atoms with E-state index in [9.17, 15) is 14.7 Å². The molecular weight excluding hydrogens is 282 g/mol. The van der Waals surface area contributed by atoms with Gasteiger partial charge in [-0.25, -0.2) is 0 Å². The molecule has 0 spiro atoms. The van der Waals surface area contributed by atoms with Gasteiger partial charge in [-0.15, -0.1) is 0 Å². The Kier molecular flexibility index (Phi) is 7.16. The average molecular weight is 311 g/mol. The molecule has 5 nitrogen and oxygen atoms in total. The summed E-state index contributed by atoms with van der Waals surface area (Å²) in [6.45, 7) is 1.52. The van der Waals surface area contributed by atoms with Crippen LogP contribution in [0.2, 0.25) is 0 Å². The molecule has 1 heterocycles. The molecule has 0 bridgehead atoms. The van der Waals surface area contributed by atoms with Crippen LogP contribution in [0.5, 0.6) is 0 Å². The van der Waals surface area contributed by atoms with E-state index < -0.39 is 11.9 Å². The minimum Gasteiger partial charge on any atom is -0.481 e. The van der Waals surface area contributed by atoms with E-state index in [-0.39, 0.29) is 24.3 Å². The molecule has 0 aromatic heterocycles. The Labute approximate surface area is 132 Å². The molecule has 2 N–H and O–H groups in total. The summed E-state index contributed by atoms with van der Waals surface area (Å²) < 4.78 is 5.30. The number of nitrogens with one attached hydrogen (secondary N) is 1. The monoisotopic (exact) mass is 311 g/mol. The van der Waals surface area contributed by atoms with E-state index in [2.05, 4.69) is 5.32 Å². The standard InChI is InChI=1S/C17H29NO4/c19-16(14-6-4-2-1-3-5-7-14)18-12-15(17(20)21)13-8-10-22-11-9-13/h13-15H,1-12H2,(H,18,19)(H,20,21). The summed E-state index contributed by atoms with van der Waals surface area (Å²) in [6, 6.07) is 0. The fraction of sp³-hybridized carbons (Fsp3) is 0.882. The Bertz CT molecular complexity index is 358. The second-order valence-electron chi connectivity index (χ2n) is 6.68. The van der Waals surface area contributed by atoms with Crippen LogP contribution in [-0.2, 0) is 14.3 Å². The fourth-order valence-corrected chi connectivity index (χ4v) is 3.65. The van der Waals surface area contributed by atoms with Gasteiger partial charge in [0.2, 0.25) is 5.91 Å². The molecule has 1 unspecified atom stereocenters. The predicted octanol–water partition coefficient (Wildman–Crippen LogP) is 2.59. The molecule has 2 fully saturated rings. The van der Waals surface area contributed by atoms with Gasteiger partial charge in [0, 0.05) is 25.7 Å². The van der Waals surface area contributed by atoms with E-state index in [1.165, 1.54) is 19.3 Å². The lowest BCUT2D eigenvalue weighted by Gasteiger charge is -2.28. The summed E-state index contributed by atoms with van der Waals surface area (Å²) in [5, 5.41) is 12.4. The number of carbonyl (C=O) groups excluding carboxylic acids is 1. The van der Waals surface area contributed by atoms with Gasteiger partial charge < -0.3 is 15.2 Å². The van der Waals surface area contributed by atoms with Crippen LogP contribution in [0.25, 0.3) is 0 Å². The van der Waals surface area contributed by atoms with Crippen molar-refractivity contribution in [3.05, 3.63) is 0 Å². The number of hydrogen-bond donors (Lipinski definition) is 2. The lowest BCUT2D eigenvalue weighted by Crippen LogP contribution is -2.41. The van der Waals surface area contributed by atoms with Crippen molar-refractivity contribution in [3.8, 4) is 0 Å². The second kappa shape index (κ2) is 9.13. The van der Waals surface area contributed by atoms with Crippen molar-refractivity contribution >= 4 is 11.9 Å². The summed E-state index contributed by atoms with van der Waals surface area (Å²) in [6.07, 6.45) is 9.36. The maximum absolute atomic E-state index is 12.3. The highest BCUT2D eigenvalue weighted by molar-refractivity contribution is 5.79. The van der Waals surface area contributed by atoms with E-state index >= 15 is 0 Å². The van der Waals surface area contributed by atoms with Gasteiger partial charge in [0.25, 0.3) is 0 Å². The van der Waals surface area contributed by atoms with Crippen LogP contribution in [0.1, 0.15) is 57.8 Å². The minimum absolute atomic E-state index is 0.0557. The van der Waals surface area contributed by atoms with Gasteiger partial charge in [-0.1, -0.05) is 32.1 Å². The third-order valence-corrected chi connectivity index (χ3v) is 5.12. The van der Waals surface area contributed by atoms with Gasteiger partial charge in [-0.3, -0.25) is 9.59 Å². The summed E-state index contributed by atoms with van der Waals surface area (Å²) >= 11 is 0. The van der Waals surface area contributed by atoms with E-state index in [1.54, 1.807) is 0 Å². The summed E-state index contributed by atoms with van der Waals surface area (Å²) in [5.74, 6) is -1.04. The molecule has 1 aliphatic carbocycles. The van der Waals surface area contributed by atoms with Crippen molar-refractivity contribution < 1.29 is 19.4 Å². The molecule has 126 valence electrons. The van der Waals surface area contributed by atoms with Crippen LogP contribution in [0.3, 0.4) is 0 Å². The van der Waals surface area contributed by atoms with Crippen molar-refractivity contribution in [1.29, 1.82) is 0 Å². The van der Waals surface area contributed by atoms with Gasteiger partial charge in [0.05, 0.1) is 5.92 Å². The Hall–Kier alpha value is -1.10. The number of rotatable bonds is 5. The number of carboxylic acid groups (broad SMARTS) is 1. The highest BCUT2D eigenvalue weighted by Gasteiger charge is 2.30. The number of carboxylic acids is 1. The molecule has 22 heavy (non-hydrogen) atoms. The predicted molar refractivity (Wildman–Crippen MR) is 83.5 cm³/mol. The topological polar surface area (TPSA) is 75.6 Å². The first-order chi connectivity index (χ1) is 10.7. The molecule has 0 aromatic rings. The maximum Gasteiger partial charge on any atom is 0.308 e.